The van der Waals surface area contributed by atoms with Crippen LogP contribution in [0, 0.1) is 6.92 Å². The van der Waals surface area contributed by atoms with Gasteiger partial charge < -0.3 is 10.6 Å². The number of hydrogen-bond acceptors (Lipinski definition) is 5. The van der Waals surface area contributed by atoms with Gasteiger partial charge in [0.15, 0.2) is 0 Å². The molecular weight excluding hydrogens is 244 g/mol. The summed E-state index contributed by atoms with van der Waals surface area (Å²) in [6.07, 6.45) is 2.11. The van der Waals surface area contributed by atoms with Crippen LogP contribution in [0.5, 0.6) is 0 Å². The van der Waals surface area contributed by atoms with Crippen LogP contribution in [0.4, 0.5) is 11.6 Å². The highest BCUT2D eigenvalue weighted by Crippen LogP contribution is 2.23. The maximum atomic E-state index is 4.63. The third-order valence-electron chi connectivity index (χ3n) is 2.72. The lowest BCUT2D eigenvalue weighted by Gasteiger charge is -2.18. The Morgan fingerprint density at radius 3 is 2.28 bits per heavy atom. The van der Waals surface area contributed by atoms with Crippen molar-refractivity contribution in [2.75, 3.05) is 29.7 Å². The lowest BCUT2D eigenvalue weighted by atomic mass is 10.2. The smallest absolute Gasteiger partial charge is 0.135 e. The van der Waals surface area contributed by atoms with Crippen molar-refractivity contribution in [3.63, 3.8) is 0 Å². The van der Waals surface area contributed by atoms with Crippen LogP contribution in [0.2, 0.25) is 0 Å². The Morgan fingerprint density at radius 1 is 1.17 bits per heavy atom. The summed E-state index contributed by atoms with van der Waals surface area (Å²) >= 11 is 1.83. The van der Waals surface area contributed by atoms with E-state index in [2.05, 4.69) is 47.6 Å². The van der Waals surface area contributed by atoms with Gasteiger partial charge in [0.2, 0.25) is 0 Å². The molecule has 0 saturated heterocycles. The van der Waals surface area contributed by atoms with Crippen LogP contribution in [-0.4, -0.2) is 35.1 Å². The van der Waals surface area contributed by atoms with E-state index >= 15 is 0 Å². The standard InChI is InChI=1S/C13H24N4S/c1-8(2)11-16-12(14-5)10(4)13(17-11)15-9(3)7-18-6/h8-9H,7H2,1-6H3,(H2,14,15,16,17). The van der Waals surface area contributed by atoms with Gasteiger partial charge in [-0.2, -0.15) is 11.8 Å². The molecule has 0 bridgehead atoms. The molecule has 1 heterocycles. The van der Waals surface area contributed by atoms with E-state index in [9.17, 15) is 0 Å². The lowest BCUT2D eigenvalue weighted by molar-refractivity contribution is 0.768. The number of aromatic nitrogens is 2. The molecule has 2 N–H and O–H groups in total. The second-order valence-electron chi connectivity index (χ2n) is 4.81. The SMILES string of the molecule is CNc1nc(C(C)C)nc(NC(C)CSC)c1C. The van der Waals surface area contributed by atoms with Gasteiger partial charge in [-0.25, -0.2) is 9.97 Å². The van der Waals surface area contributed by atoms with Crippen molar-refractivity contribution >= 4 is 23.4 Å². The molecule has 0 radical (unpaired) electrons. The van der Waals surface area contributed by atoms with Gasteiger partial charge in [-0.05, 0) is 20.1 Å². The predicted molar refractivity (Wildman–Crippen MR) is 81.9 cm³/mol. The third-order valence-corrected chi connectivity index (χ3v) is 3.55. The molecule has 102 valence electrons. The molecule has 0 aliphatic rings. The molecule has 1 aromatic heterocycles. The Balaban J connectivity index is 3.04. The fourth-order valence-corrected chi connectivity index (χ4v) is 2.28. The molecule has 0 amide bonds. The Kier molecular flexibility index (Phi) is 5.72. The molecule has 4 nitrogen and oxygen atoms in total. The second-order valence-corrected chi connectivity index (χ2v) is 5.72. The summed E-state index contributed by atoms with van der Waals surface area (Å²) in [5.41, 5.74) is 1.08. The molecule has 0 saturated carbocycles. The van der Waals surface area contributed by atoms with Crippen molar-refractivity contribution < 1.29 is 0 Å². The molecule has 0 spiro atoms. The minimum atomic E-state index is 0.328. The minimum absolute atomic E-state index is 0.328. The first-order valence-electron chi connectivity index (χ1n) is 6.31. The Labute approximate surface area is 114 Å². The molecule has 1 rings (SSSR count). The summed E-state index contributed by atoms with van der Waals surface area (Å²) in [4.78, 5) is 9.17. The van der Waals surface area contributed by atoms with E-state index in [1.807, 2.05) is 25.7 Å². The molecule has 0 aliphatic carbocycles. The molecular formula is C13H24N4S. The highest BCUT2D eigenvalue weighted by atomic mass is 32.2. The fraction of sp³-hybridized carbons (Fsp3) is 0.692. The van der Waals surface area contributed by atoms with Crippen molar-refractivity contribution in [2.24, 2.45) is 0 Å². The lowest BCUT2D eigenvalue weighted by Crippen LogP contribution is -2.20. The van der Waals surface area contributed by atoms with Gasteiger partial charge in [0.25, 0.3) is 0 Å². The van der Waals surface area contributed by atoms with Crippen LogP contribution in [0.15, 0.2) is 0 Å². The average molecular weight is 268 g/mol. The highest BCUT2D eigenvalue weighted by molar-refractivity contribution is 7.98. The monoisotopic (exact) mass is 268 g/mol. The van der Waals surface area contributed by atoms with Crippen LogP contribution in [-0.2, 0) is 0 Å². The van der Waals surface area contributed by atoms with Crippen molar-refractivity contribution in [2.45, 2.75) is 39.7 Å². The number of nitrogens with one attached hydrogen (secondary N) is 2. The summed E-state index contributed by atoms with van der Waals surface area (Å²) in [6.45, 7) is 8.44. The van der Waals surface area contributed by atoms with Gasteiger partial charge in [-0.15, -0.1) is 0 Å². The molecule has 1 atom stereocenters. The molecule has 0 aliphatic heterocycles. The number of nitrogens with zero attached hydrogens (tertiary/aromatic N) is 2. The molecule has 1 aromatic rings. The normalized spacial score (nSPS) is 12.6. The van der Waals surface area contributed by atoms with E-state index in [0.717, 1.165) is 28.8 Å². The fourth-order valence-electron chi connectivity index (χ4n) is 1.70. The zero-order chi connectivity index (χ0) is 13.7. The average Bonchev–Trinajstić information content (AvgIpc) is 2.31. The Hall–Kier alpha value is -0.970. The van der Waals surface area contributed by atoms with Gasteiger partial charge in [0.05, 0.1) is 0 Å². The van der Waals surface area contributed by atoms with Crippen LogP contribution in [0.25, 0.3) is 0 Å². The third kappa shape index (κ3) is 3.77. The Morgan fingerprint density at radius 2 is 1.78 bits per heavy atom. The topological polar surface area (TPSA) is 49.8 Å². The molecule has 5 heteroatoms. The predicted octanol–water partition coefficient (Wildman–Crippen LogP) is 3.11. The molecule has 1 unspecified atom stereocenters. The van der Waals surface area contributed by atoms with Crippen molar-refractivity contribution in [3.05, 3.63) is 11.4 Å². The molecule has 18 heavy (non-hydrogen) atoms. The van der Waals surface area contributed by atoms with Crippen LogP contribution in [0.3, 0.4) is 0 Å². The van der Waals surface area contributed by atoms with Crippen LogP contribution >= 0.6 is 11.8 Å². The first-order chi connectivity index (χ1) is 8.49. The maximum Gasteiger partial charge on any atom is 0.135 e. The second kappa shape index (κ2) is 6.83. The van der Waals surface area contributed by atoms with Crippen LogP contribution in [0.1, 0.15) is 38.1 Å². The largest absolute Gasteiger partial charge is 0.373 e. The number of hydrogen-bond donors (Lipinski definition) is 2. The summed E-state index contributed by atoms with van der Waals surface area (Å²) in [6, 6.07) is 0.401. The number of rotatable bonds is 6. The van der Waals surface area contributed by atoms with Gasteiger partial charge >= 0.3 is 0 Å². The molecule has 0 fully saturated rings. The molecule has 0 aromatic carbocycles. The summed E-state index contributed by atoms with van der Waals surface area (Å²) < 4.78 is 0. The van der Waals surface area contributed by atoms with Crippen molar-refractivity contribution in [1.82, 2.24) is 9.97 Å². The Bertz CT molecular complexity index is 393. The van der Waals surface area contributed by atoms with E-state index < -0.39 is 0 Å². The zero-order valence-electron chi connectivity index (χ0n) is 12.2. The summed E-state index contributed by atoms with van der Waals surface area (Å²) in [5.74, 6) is 4.13. The van der Waals surface area contributed by atoms with Gasteiger partial charge in [0.1, 0.15) is 17.5 Å². The quantitative estimate of drug-likeness (QED) is 0.830. The first kappa shape index (κ1) is 15.1. The van der Waals surface area contributed by atoms with E-state index in [4.69, 9.17) is 0 Å². The first-order valence-corrected chi connectivity index (χ1v) is 7.70. The highest BCUT2D eigenvalue weighted by Gasteiger charge is 2.13. The minimum Gasteiger partial charge on any atom is -0.373 e. The summed E-state index contributed by atoms with van der Waals surface area (Å²) in [5, 5.41) is 6.61. The van der Waals surface area contributed by atoms with Crippen molar-refractivity contribution in [1.29, 1.82) is 0 Å². The van der Waals surface area contributed by atoms with Gasteiger partial charge in [-0.1, -0.05) is 13.8 Å². The number of thioether (sulfide) groups is 1. The van der Waals surface area contributed by atoms with E-state index in [1.165, 1.54) is 0 Å². The van der Waals surface area contributed by atoms with E-state index in [1.54, 1.807) is 0 Å². The number of anilines is 2. The summed E-state index contributed by atoms with van der Waals surface area (Å²) in [7, 11) is 1.90. The zero-order valence-corrected chi connectivity index (χ0v) is 13.0. The van der Waals surface area contributed by atoms with E-state index in [-0.39, 0.29) is 0 Å². The van der Waals surface area contributed by atoms with Gasteiger partial charge in [-0.3, -0.25) is 0 Å². The maximum absolute atomic E-state index is 4.63. The van der Waals surface area contributed by atoms with E-state index in [0.29, 0.717) is 12.0 Å². The van der Waals surface area contributed by atoms with Crippen molar-refractivity contribution in [3.8, 4) is 0 Å². The van der Waals surface area contributed by atoms with Crippen LogP contribution < -0.4 is 10.6 Å². The van der Waals surface area contributed by atoms with Gasteiger partial charge in [0, 0.05) is 30.3 Å².